The minimum atomic E-state index is -2.18. The van der Waals surface area contributed by atoms with Crippen LogP contribution >= 0.6 is 0 Å². The predicted molar refractivity (Wildman–Crippen MR) is 108 cm³/mol. The lowest BCUT2D eigenvalue weighted by atomic mass is 9.84. The third kappa shape index (κ3) is 6.26. The summed E-state index contributed by atoms with van der Waals surface area (Å²) in [5, 5.41) is 20.7. The highest BCUT2D eigenvalue weighted by Gasteiger charge is 2.43. The van der Waals surface area contributed by atoms with Crippen molar-refractivity contribution in [1.29, 1.82) is 0 Å². The lowest BCUT2D eigenvalue weighted by Crippen LogP contribution is -2.50. The first-order valence-electron chi connectivity index (χ1n) is 9.48. The number of ketones is 1. The van der Waals surface area contributed by atoms with Crippen molar-refractivity contribution in [2.45, 2.75) is 71.4 Å². The molecule has 0 unspecified atom stereocenters. The topological polar surface area (TPSA) is 80.9 Å². The van der Waals surface area contributed by atoms with Gasteiger partial charge in [0.25, 0.3) is 0 Å². The van der Waals surface area contributed by atoms with E-state index in [1.165, 1.54) is 0 Å². The highest BCUT2D eigenvalue weighted by atomic mass is 28.4. The molecule has 0 aliphatic carbocycles. The Bertz CT molecular complexity index is 621. The van der Waals surface area contributed by atoms with E-state index < -0.39 is 26.4 Å². The normalized spacial score (nSPS) is 17.5. The Labute approximate surface area is 164 Å². The molecule has 0 aliphatic rings. The highest BCUT2D eigenvalue weighted by molar-refractivity contribution is 6.74. The smallest absolute Gasteiger partial charge is 0.320 e. The van der Waals surface area contributed by atoms with Gasteiger partial charge in [-0.1, -0.05) is 65.0 Å². The number of carbonyl (C=O) groups excluding carboxylic acids is 2. The van der Waals surface area contributed by atoms with Gasteiger partial charge >= 0.3 is 6.29 Å². The second-order valence-electron chi connectivity index (χ2n) is 8.79. The number of hydrogen-bond acceptors (Lipinski definition) is 4. The number of aliphatic hydroxyl groups excluding tert-OH is 1. The van der Waals surface area contributed by atoms with Crippen LogP contribution in [0.4, 0.5) is 0 Å². The summed E-state index contributed by atoms with van der Waals surface area (Å²) in [6.07, 6.45) is -0.170. The Morgan fingerprint density at radius 1 is 1.26 bits per heavy atom. The van der Waals surface area contributed by atoms with Crippen LogP contribution < -0.4 is 5.26 Å². The molecular weight excluding hydrogens is 360 g/mol. The van der Waals surface area contributed by atoms with E-state index in [9.17, 15) is 15.2 Å². The van der Waals surface area contributed by atoms with Gasteiger partial charge in [0.05, 0.1) is 18.6 Å². The summed E-state index contributed by atoms with van der Waals surface area (Å²) < 4.78 is 10.3. The Kier molecular flexibility index (Phi) is 8.39. The van der Waals surface area contributed by atoms with E-state index in [2.05, 4.69) is 38.4 Å². The van der Waals surface area contributed by atoms with Crippen LogP contribution in [0.5, 0.6) is 0 Å². The molecule has 0 spiro atoms. The Balaban J connectivity index is 3.18. The number of carbonyl (C=O) groups is 1. The van der Waals surface area contributed by atoms with Crippen LogP contribution in [0.1, 0.15) is 51.4 Å². The van der Waals surface area contributed by atoms with Gasteiger partial charge in [-0.3, -0.25) is 4.79 Å². The van der Waals surface area contributed by atoms with Gasteiger partial charge < -0.3 is 14.8 Å². The first-order chi connectivity index (χ1) is 12.4. The molecule has 5 nitrogen and oxygen atoms in total. The third-order valence-corrected chi connectivity index (χ3v) is 10.2. The van der Waals surface area contributed by atoms with Gasteiger partial charge in [-0.2, -0.15) is 4.58 Å². The molecule has 0 amide bonds. The number of aldehydes is 1. The summed E-state index contributed by atoms with van der Waals surface area (Å²) in [4.78, 5) is 13.0. The zero-order valence-corrected chi connectivity index (χ0v) is 18.6. The molecule has 6 heteroatoms. The lowest BCUT2D eigenvalue weighted by Gasteiger charge is -2.43. The molecule has 0 heterocycles. The maximum Gasteiger partial charge on any atom is 0.320 e. The summed E-state index contributed by atoms with van der Waals surface area (Å²) in [6.45, 7) is 14.4. The number of rotatable bonds is 9. The summed E-state index contributed by atoms with van der Waals surface area (Å²) >= 11 is 0. The van der Waals surface area contributed by atoms with Crippen LogP contribution in [-0.4, -0.2) is 37.7 Å². The fraction of sp³-hybridized carbons (Fsp3) is 0.619. The van der Waals surface area contributed by atoms with Crippen molar-refractivity contribution in [2.24, 2.45) is 11.8 Å². The molecular formula is C21H34O5Si. The summed E-state index contributed by atoms with van der Waals surface area (Å²) in [5.41, 5.74) is 0.630. The molecule has 1 aromatic carbocycles. The van der Waals surface area contributed by atoms with E-state index >= 15 is 0 Å². The number of hydrogen-bond donors (Lipinski definition) is 1. The van der Waals surface area contributed by atoms with Gasteiger partial charge in [0.2, 0.25) is 0 Å². The van der Waals surface area contributed by atoms with Crippen LogP contribution in [0.25, 0.3) is 0 Å². The van der Waals surface area contributed by atoms with Gasteiger partial charge in [-0.15, -0.1) is 0 Å². The van der Waals surface area contributed by atoms with Crippen LogP contribution in [0, 0.1) is 11.8 Å². The predicted octanol–water partition coefficient (Wildman–Crippen LogP) is 3.29. The van der Waals surface area contributed by atoms with Crippen LogP contribution in [-0.2, 0) is 9.00 Å². The molecule has 0 fully saturated rings. The van der Waals surface area contributed by atoms with Crippen LogP contribution in [0.2, 0.25) is 18.1 Å². The van der Waals surface area contributed by atoms with E-state index in [0.29, 0.717) is 5.56 Å². The van der Waals surface area contributed by atoms with Crippen molar-refractivity contribution in [3.63, 3.8) is 0 Å². The first kappa shape index (κ1) is 23.5. The molecule has 0 aliphatic heterocycles. The number of benzene rings is 1. The minimum Gasteiger partial charge on any atom is -0.463 e. The largest absolute Gasteiger partial charge is 0.463 e. The molecule has 0 radical (unpaired) electrons. The number of Topliss-reactive ketones (excluding diaryl/α,β-unsaturated/α-hetero) is 1. The molecule has 4 atom stereocenters. The maximum absolute atomic E-state index is 13.0. The fourth-order valence-electron chi connectivity index (χ4n) is 2.77. The second kappa shape index (κ2) is 9.62. The molecule has 1 rings (SSSR count). The molecule has 0 aromatic heterocycles. The van der Waals surface area contributed by atoms with Gasteiger partial charge in [-0.05, 0) is 18.1 Å². The maximum atomic E-state index is 13.0. The third-order valence-electron chi connectivity index (χ3n) is 5.73. The average molecular weight is 395 g/mol. The van der Waals surface area contributed by atoms with Crippen molar-refractivity contribution in [3.05, 3.63) is 35.9 Å². The minimum absolute atomic E-state index is 0.0117. The monoisotopic (exact) mass is 394 g/mol. The van der Waals surface area contributed by atoms with Crippen molar-refractivity contribution in [2.75, 3.05) is 0 Å². The second-order valence-corrected chi connectivity index (χ2v) is 13.5. The van der Waals surface area contributed by atoms with E-state index in [0.717, 1.165) is 6.29 Å². The van der Waals surface area contributed by atoms with Gasteiger partial charge in [0, 0.05) is 17.4 Å². The zero-order chi connectivity index (χ0) is 20.8. The van der Waals surface area contributed by atoms with E-state index in [1.54, 1.807) is 12.1 Å². The molecule has 152 valence electrons. The van der Waals surface area contributed by atoms with Crippen LogP contribution in [0.15, 0.2) is 30.3 Å². The number of aliphatic hydroxyl groups is 1. The molecule has 0 bridgehead atoms. The van der Waals surface area contributed by atoms with Crippen LogP contribution in [0.3, 0.4) is 0 Å². The fourth-order valence-corrected chi connectivity index (χ4v) is 4.22. The lowest BCUT2D eigenvalue weighted by molar-refractivity contribution is -1.04. The van der Waals surface area contributed by atoms with Gasteiger partial charge in [0.15, 0.2) is 14.1 Å². The van der Waals surface area contributed by atoms with Crippen molar-refractivity contribution in [3.8, 4) is 0 Å². The van der Waals surface area contributed by atoms with Crippen molar-refractivity contribution < 1.29 is 24.2 Å². The summed E-state index contributed by atoms with van der Waals surface area (Å²) in [6, 6.07) is 9.13. The zero-order valence-electron chi connectivity index (χ0n) is 17.6. The van der Waals surface area contributed by atoms with Gasteiger partial charge in [0.1, 0.15) is 0 Å². The SMILES string of the molecule is C[C@@H]([C@H](O[Si](C)(C)C(C)(C)C)[C@H](C)C(=O)c1ccccc1)[C@@H](O)CC=[O+][O-]. The van der Waals surface area contributed by atoms with Crippen molar-refractivity contribution in [1.82, 2.24) is 0 Å². The standard InChI is InChI=1S/C21H34O5Si/c1-15(18(22)13-14-25-24)20(26-27(6,7)21(3,4)5)16(2)19(23)17-11-9-8-10-12-17/h8-12,14-16,18,20,22H,13H2,1-7H3/t15-,16-,18+,20+/m1/s1. The van der Waals surface area contributed by atoms with Crippen molar-refractivity contribution >= 4 is 20.4 Å². The highest BCUT2D eigenvalue weighted by Crippen LogP contribution is 2.40. The Morgan fingerprint density at radius 3 is 2.30 bits per heavy atom. The van der Waals surface area contributed by atoms with Gasteiger partial charge in [-0.25, -0.2) is 0 Å². The Hall–Kier alpha value is -1.50. The molecule has 0 saturated carbocycles. The first-order valence-corrected chi connectivity index (χ1v) is 12.4. The summed E-state index contributed by atoms with van der Waals surface area (Å²) in [5.74, 6) is -0.782. The average Bonchev–Trinajstić information content (AvgIpc) is 2.62. The molecule has 0 saturated heterocycles. The van der Waals surface area contributed by atoms with E-state index in [-0.39, 0.29) is 23.2 Å². The van der Waals surface area contributed by atoms with E-state index in [1.807, 2.05) is 32.0 Å². The Morgan fingerprint density at radius 2 is 1.81 bits per heavy atom. The molecule has 27 heavy (non-hydrogen) atoms. The summed E-state index contributed by atoms with van der Waals surface area (Å²) in [7, 11) is -2.18. The van der Waals surface area contributed by atoms with E-state index in [4.69, 9.17) is 4.43 Å². The molecule has 1 aromatic rings. The molecule has 1 N–H and O–H groups in total. The quantitative estimate of drug-likeness (QED) is 0.174.